The Labute approximate surface area is 115 Å². The van der Waals surface area contributed by atoms with Crippen LogP contribution in [0.3, 0.4) is 0 Å². The Bertz CT molecular complexity index is 506. The smallest absolute Gasteiger partial charge is 0.160 e. The quantitative estimate of drug-likeness (QED) is 0.857. The van der Waals surface area contributed by atoms with Crippen LogP contribution in [0.15, 0.2) is 18.2 Å². The average Bonchev–Trinajstić information content (AvgIpc) is 2.71. The first-order chi connectivity index (χ1) is 8.90. The third kappa shape index (κ3) is 1.55. The van der Waals surface area contributed by atoms with Gasteiger partial charge in [-0.25, -0.2) is 0 Å². The van der Waals surface area contributed by atoms with Crippen molar-refractivity contribution in [2.24, 2.45) is 16.7 Å². The van der Waals surface area contributed by atoms with Crippen LogP contribution in [-0.2, 0) is 0 Å². The molecule has 104 valence electrons. The number of ether oxygens (including phenoxy) is 1. The zero-order valence-electron chi connectivity index (χ0n) is 12.4. The van der Waals surface area contributed by atoms with Crippen LogP contribution < -0.4 is 4.74 Å². The van der Waals surface area contributed by atoms with E-state index in [1.807, 2.05) is 12.1 Å². The molecule has 2 aliphatic rings. The van der Waals surface area contributed by atoms with Gasteiger partial charge in [0.1, 0.15) is 0 Å². The summed E-state index contributed by atoms with van der Waals surface area (Å²) in [5.74, 6) is 2.23. The Morgan fingerprint density at radius 1 is 1.26 bits per heavy atom. The van der Waals surface area contributed by atoms with Gasteiger partial charge >= 0.3 is 0 Å². The number of phenols is 1. The maximum Gasteiger partial charge on any atom is 0.160 e. The average molecular weight is 260 g/mol. The number of hydrogen-bond donors (Lipinski definition) is 1. The van der Waals surface area contributed by atoms with Crippen LogP contribution in [-0.4, -0.2) is 12.2 Å². The molecule has 2 heteroatoms. The van der Waals surface area contributed by atoms with Crippen molar-refractivity contribution >= 4 is 0 Å². The van der Waals surface area contributed by atoms with E-state index in [2.05, 4.69) is 26.8 Å². The van der Waals surface area contributed by atoms with E-state index >= 15 is 0 Å². The Morgan fingerprint density at radius 3 is 2.47 bits per heavy atom. The summed E-state index contributed by atoms with van der Waals surface area (Å²) in [6.45, 7) is 7.29. The maximum absolute atomic E-state index is 10.0. The van der Waals surface area contributed by atoms with Crippen molar-refractivity contribution in [3.63, 3.8) is 0 Å². The molecule has 0 aliphatic heterocycles. The van der Waals surface area contributed by atoms with E-state index in [1.165, 1.54) is 24.8 Å². The van der Waals surface area contributed by atoms with Gasteiger partial charge in [-0.3, -0.25) is 0 Å². The van der Waals surface area contributed by atoms with Crippen molar-refractivity contribution in [3.05, 3.63) is 23.8 Å². The van der Waals surface area contributed by atoms with E-state index in [0.717, 1.165) is 5.92 Å². The predicted molar refractivity (Wildman–Crippen MR) is 76.6 cm³/mol. The fraction of sp³-hybridized carbons (Fsp3) is 0.647. The molecule has 2 bridgehead atoms. The van der Waals surface area contributed by atoms with Crippen LogP contribution >= 0.6 is 0 Å². The van der Waals surface area contributed by atoms with Crippen LogP contribution in [0.4, 0.5) is 0 Å². The second-order valence-electron chi connectivity index (χ2n) is 7.09. The Balaban J connectivity index is 1.99. The van der Waals surface area contributed by atoms with Crippen molar-refractivity contribution < 1.29 is 9.84 Å². The van der Waals surface area contributed by atoms with Crippen molar-refractivity contribution in [2.45, 2.75) is 46.0 Å². The molecule has 0 aromatic heterocycles. The van der Waals surface area contributed by atoms with E-state index in [9.17, 15) is 5.11 Å². The third-order valence-electron chi connectivity index (χ3n) is 6.40. The number of fused-ring (bicyclic) bond motifs is 2. The topological polar surface area (TPSA) is 29.5 Å². The Morgan fingerprint density at radius 2 is 2.00 bits per heavy atom. The number of aromatic hydroxyl groups is 1. The molecule has 19 heavy (non-hydrogen) atoms. The largest absolute Gasteiger partial charge is 0.504 e. The molecule has 3 atom stereocenters. The van der Waals surface area contributed by atoms with Crippen molar-refractivity contribution in [1.82, 2.24) is 0 Å². The summed E-state index contributed by atoms with van der Waals surface area (Å²) in [5, 5.41) is 10.0. The molecule has 2 nitrogen and oxygen atoms in total. The lowest BCUT2D eigenvalue weighted by molar-refractivity contribution is 0.134. The highest BCUT2D eigenvalue weighted by atomic mass is 16.5. The Kier molecular flexibility index (Phi) is 2.64. The molecule has 1 N–H and O–H groups in total. The van der Waals surface area contributed by atoms with Crippen LogP contribution in [0.25, 0.3) is 0 Å². The molecule has 0 amide bonds. The summed E-state index contributed by atoms with van der Waals surface area (Å²) in [4.78, 5) is 0. The second-order valence-corrected chi connectivity index (χ2v) is 7.09. The van der Waals surface area contributed by atoms with Gasteiger partial charge in [0.2, 0.25) is 0 Å². The first-order valence-corrected chi connectivity index (χ1v) is 7.27. The van der Waals surface area contributed by atoms with E-state index in [4.69, 9.17) is 4.74 Å². The number of phenolic OH excluding ortho intramolecular Hbond substituents is 1. The molecule has 1 unspecified atom stereocenters. The molecule has 0 spiro atoms. The van der Waals surface area contributed by atoms with Crippen LogP contribution in [0.1, 0.15) is 51.5 Å². The summed E-state index contributed by atoms with van der Waals surface area (Å²) < 4.78 is 5.14. The first kappa shape index (κ1) is 12.8. The third-order valence-corrected chi connectivity index (χ3v) is 6.40. The summed E-state index contributed by atoms with van der Waals surface area (Å²) >= 11 is 0. The van der Waals surface area contributed by atoms with Gasteiger partial charge in [0, 0.05) is 0 Å². The van der Waals surface area contributed by atoms with Crippen LogP contribution in [0, 0.1) is 16.7 Å². The molecule has 0 saturated heterocycles. The highest BCUT2D eigenvalue weighted by Gasteiger charge is 2.61. The summed E-state index contributed by atoms with van der Waals surface area (Å²) in [5.41, 5.74) is 2.04. The molecule has 1 aromatic carbocycles. The van der Waals surface area contributed by atoms with E-state index in [-0.39, 0.29) is 5.75 Å². The molecule has 0 radical (unpaired) electrons. The second kappa shape index (κ2) is 3.91. The number of hydrogen-bond acceptors (Lipinski definition) is 2. The molecule has 2 fully saturated rings. The fourth-order valence-corrected chi connectivity index (χ4v) is 4.63. The van der Waals surface area contributed by atoms with Crippen LogP contribution in [0.5, 0.6) is 11.5 Å². The van der Waals surface area contributed by atoms with E-state index in [0.29, 0.717) is 22.5 Å². The van der Waals surface area contributed by atoms with Gasteiger partial charge in [-0.1, -0.05) is 26.8 Å². The monoisotopic (exact) mass is 260 g/mol. The van der Waals surface area contributed by atoms with Gasteiger partial charge in [0.15, 0.2) is 11.5 Å². The van der Waals surface area contributed by atoms with Gasteiger partial charge in [-0.05, 0) is 59.6 Å². The molecule has 2 aliphatic carbocycles. The number of benzene rings is 1. The van der Waals surface area contributed by atoms with Gasteiger partial charge in [0.05, 0.1) is 7.11 Å². The van der Waals surface area contributed by atoms with E-state index in [1.54, 1.807) is 7.11 Å². The minimum atomic E-state index is 0.268. The minimum absolute atomic E-state index is 0.268. The highest BCUT2D eigenvalue weighted by molar-refractivity contribution is 5.44. The molecular weight excluding hydrogens is 236 g/mol. The minimum Gasteiger partial charge on any atom is -0.504 e. The van der Waals surface area contributed by atoms with Gasteiger partial charge in [-0.15, -0.1) is 0 Å². The van der Waals surface area contributed by atoms with Crippen molar-refractivity contribution in [1.29, 1.82) is 0 Å². The first-order valence-electron chi connectivity index (χ1n) is 7.27. The molecule has 0 heterocycles. The normalized spacial score (nSPS) is 35.6. The van der Waals surface area contributed by atoms with E-state index < -0.39 is 0 Å². The van der Waals surface area contributed by atoms with Gasteiger partial charge < -0.3 is 9.84 Å². The van der Waals surface area contributed by atoms with Crippen LogP contribution in [0.2, 0.25) is 0 Å². The SMILES string of the molecule is COc1ccc(C2C[C@H]3CC[C@@]2(C)C3(C)C)cc1O. The zero-order chi connectivity index (χ0) is 13.8. The maximum atomic E-state index is 10.0. The number of methoxy groups -OCH3 is 1. The summed E-state index contributed by atoms with van der Waals surface area (Å²) in [7, 11) is 1.59. The lowest BCUT2D eigenvalue weighted by atomic mass is 9.65. The fourth-order valence-electron chi connectivity index (χ4n) is 4.63. The molecule has 2 saturated carbocycles. The standard InChI is InChI=1S/C17H24O2/c1-16(2)12-7-8-17(16,3)13(10-12)11-5-6-15(19-4)14(18)9-11/h5-6,9,12-13,18H,7-8,10H2,1-4H3/t12-,13?,17-/m1/s1. The van der Waals surface area contributed by atoms with Gasteiger partial charge in [-0.2, -0.15) is 0 Å². The van der Waals surface area contributed by atoms with Crippen molar-refractivity contribution in [2.75, 3.05) is 7.11 Å². The lowest BCUT2D eigenvalue weighted by Crippen LogP contribution is -2.31. The lowest BCUT2D eigenvalue weighted by Gasteiger charge is -2.39. The van der Waals surface area contributed by atoms with Gasteiger partial charge in [0.25, 0.3) is 0 Å². The molecule has 1 aromatic rings. The summed E-state index contributed by atoms with van der Waals surface area (Å²) in [6.07, 6.45) is 3.93. The summed E-state index contributed by atoms with van der Waals surface area (Å²) in [6, 6.07) is 5.93. The number of rotatable bonds is 2. The highest BCUT2D eigenvalue weighted by Crippen LogP contribution is 2.71. The molecule has 3 rings (SSSR count). The zero-order valence-corrected chi connectivity index (χ0v) is 12.4. The molecular formula is C17H24O2. The van der Waals surface area contributed by atoms with Crippen molar-refractivity contribution in [3.8, 4) is 11.5 Å². The predicted octanol–water partition coefficient (Wildman–Crippen LogP) is 4.33. The Hall–Kier alpha value is -1.18.